The zero-order chi connectivity index (χ0) is 6.10. The van der Waals surface area contributed by atoms with Crippen molar-refractivity contribution in [1.82, 2.24) is 4.98 Å². The summed E-state index contributed by atoms with van der Waals surface area (Å²) in [7, 11) is 0.167. The van der Waals surface area contributed by atoms with Gasteiger partial charge < -0.3 is 9.62 Å². The van der Waals surface area contributed by atoms with Gasteiger partial charge >= 0.3 is 0 Å². The lowest BCUT2D eigenvalue weighted by atomic mass is 10.1. The summed E-state index contributed by atoms with van der Waals surface area (Å²) in [6, 6.07) is 0.968. The standard InChI is InChI=1S/C6H8N2Si/c1-2-4-6-5(3-1)7-9-8-6/h1-7,9H. The predicted molar refractivity (Wildman–Crippen MR) is 38.6 cm³/mol. The van der Waals surface area contributed by atoms with E-state index in [2.05, 4.69) is 33.9 Å². The van der Waals surface area contributed by atoms with Crippen molar-refractivity contribution in [3.05, 3.63) is 24.3 Å². The number of nitrogens with one attached hydrogen (secondary N) is 1. The minimum absolute atomic E-state index is 0.167. The molecule has 0 amide bonds. The Balaban J connectivity index is 2.25. The van der Waals surface area contributed by atoms with Crippen molar-refractivity contribution in [2.75, 3.05) is 0 Å². The van der Waals surface area contributed by atoms with E-state index >= 15 is 0 Å². The largest absolute Gasteiger partial charge is 0.401 e. The van der Waals surface area contributed by atoms with Crippen molar-refractivity contribution in [3.63, 3.8) is 0 Å². The number of allylic oxidation sites excluding steroid dienone is 2. The second-order valence-corrected chi connectivity index (χ2v) is 3.12. The van der Waals surface area contributed by atoms with Crippen LogP contribution in [0.25, 0.3) is 0 Å². The minimum Gasteiger partial charge on any atom is -0.401 e. The molecule has 0 radical (unpaired) electrons. The predicted octanol–water partition coefficient (Wildman–Crippen LogP) is -0.0121. The van der Waals surface area contributed by atoms with Gasteiger partial charge in [0.1, 0.15) is 0 Å². The van der Waals surface area contributed by atoms with E-state index in [1.807, 2.05) is 0 Å². The Kier molecular flexibility index (Phi) is 1.09. The lowest BCUT2D eigenvalue weighted by Crippen LogP contribution is -2.29. The first-order valence-electron chi connectivity index (χ1n) is 3.09. The van der Waals surface area contributed by atoms with E-state index in [0.717, 1.165) is 0 Å². The van der Waals surface area contributed by atoms with Crippen molar-refractivity contribution in [1.29, 1.82) is 0 Å². The highest BCUT2D eigenvalue weighted by molar-refractivity contribution is 6.19. The Morgan fingerprint density at radius 1 is 1.33 bits per heavy atom. The molecule has 0 fully saturated rings. The van der Waals surface area contributed by atoms with Crippen molar-refractivity contribution in [3.8, 4) is 0 Å². The molecule has 2 unspecified atom stereocenters. The van der Waals surface area contributed by atoms with Crippen LogP contribution in [-0.4, -0.2) is 21.6 Å². The smallest absolute Gasteiger partial charge is 0.219 e. The molecule has 0 aromatic rings. The Bertz CT molecular complexity index is 195. The van der Waals surface area contributed by atoms with Crippen LogP contribution in [-0.2, 0) is 0 Å². The van der Waals surface area contributed by atoms with E-state index < -0.39 is 0 Å². The molecule has 0 saturated heterocycles. The van der Waals surface area contributed by atoms with Crippen LogP contribution in [0.4, 0.5) is 0 Å². The van der Waals surface area contributed by atoms with E-state index in [9.17, 15) is 0 Å². The Morgan fingerprint density at radius 2 is 2.22 bits per heavy atom. The fraction of sp³-hybridized carbons (Fsp3) is 0.333. The van der Waals surface area contributed by atoms with Crippen LogP contribution in [0.3, 0.4) is 0 Å². The molecule has 3 heteroatoms. The number of rotatable bonds is 0. The molecule has 1 aliphatic heterocycles. The van der Waals surface area contributed by atoms with Gasteiger partial charge in [-0.05, 0) is 0 Å². The Labute approximate surface area is 56.3 Å². The summed E-state index contributed by atoms with van der Waals surface area (Å²) >= 11 is 0. The second-order valence-electron chi connectivity index (χ2n) is 2.23. The molecule has 2 rings (SSSR count). The highest BCUT2D eigenvalue weighted by Crippen LogP contribution is 2.10. The lowest BCUT2D eigenvalue weighted by Gasteiger charge is -2.13. The monoisotopic (exact) mass is 136 g/mol. The van der Waals surface area contributed by atoms with Crippen LogP contribution < -0.4 is 4.98 Å². The SMILES string of the molecule is C1=CC2N=[SiH]NC2C=C1. The van der Waals surface area contributed by atoms with E-state index in [0.29, 0.717) is 12.1 Å². The second kappa shape index (κ2) is 1.91. The van der Waals surface area contributed by atoms with Crippen LogP contribution >= 0.6 is 0 Å². The molecule has 46 valence electrons. The molecule has 9 heavy (non-hydrogen) atoms. The third-order valence-corrected chi connectivity index (χ3v) is 2.65. The summed E-state index contributed by atoms with van der Waals surface area (Å²) in [5, 5.41) is 0. The van der Waals surface area contributed by atoms with E-state index in [1.54, 1.807) is 0 Å². The van der Waals surface area contributed by atoms with Crippen molar-refractivity contribution in [2.45, 2.75) is 12.1 Å². The molecular weight excluding hydrogens is 128 g/mol. The molecule has 0 saturated carbocycles. The van der Waals surface area contributed by atoms with Gasteiger partial charge in [0.05, 0.1) is 12.1 Å². The molecule has 2 nitrogen and oxygen atoms in total. The summed E-state index contributed by atoms with van der Waals surface area (Å²) in [5.74, 6) is 0. The van der Waals surface area contributed by atoms with Gasteiger partial charge in [0.25, 0.3) is 0 Å². The fourth-order valence-corrected chi connectivity index (χ4v) is 2.13. The highest BCUT2D eigenvalue weighted by atomic mass is 28.2. The molecular formula is C6H8N2Si. The number of nitrogens with zero attached hydrogens (tertiary/aromatic N) is 1. The van der Waals surface area contributed by atoms with E-state index in [-0.39, 0.29) is 9.47 Å². The third-order valence-electron chi connectivity index (χ3n) is 1.62. The van der Waals surface area contributed by atoms with Crippen LogP contribution in [0.2, 0.25) is 0 Å². The molecule has 2 aliphatic rings. The summed E-state index contributed by atoms with van der Waals surface area (Å²) in [6.45, 7) is 0. The molecule has 0 aromatic heterocycles. The van der Waals surface area contributed by atoms with Gasteiger partial charge in [-0.1, -0.05) is 24.3 Å². The first-order valence-corrected chi connectivity index (χ1v) is 4.19. The van der Waals surface area contributed by atoms with Crippen molar-refractivity contribution < 1.29 is 0 Å². The average molecular weight is 136 g/mol. The lowest BCUT2D eigenvalue weighted by molar-refractivity contribution is 0.698. The van der Waals surface area contributed by atoms with Gasteiger partial charge in [-0.3, -0.25) is 0 Å². The summed E-state index contributed by atoms with van der Waals surface area (Å²) < 4.78 is 4.39. The van der Waals surface area contributed by atoms with Crippen LogP contribution in [0.5, 0.6) is 0 Å². The molecule has 1 N–H and O–H groups in total. The van der Waals surface area contributed by atoms with Gasteiger partial charge in [-0.25, -0.2) is 0 Å². The number of fused-ring (bicyclic) bond motifs is 1. The molecule has 1 aliphatic carbocycles. The molecule has 0 spiro atoms. The van der Waals surface area contributed by atoms with Crippen molar-refractivity contribution in [2.24, 2.45) is 4.63 Å². The maximum atomic E-state index is 4.39. The van der Waals surface area contributed by atoms with Gasteiger partial charge in [-0.2, -0.15) is 0 Å². The Morgan fingerprint density at radius 3 is 3.11 bits per heavy atom. The van der Waals surface area contributed by atoms with Gasteiger partial charge in [0.2, 0.25) is 9.47 Å². The zero-order valence-corrected chi connectivity index (χ0v) is 6.14. The zero-order valence-electron chi connectivity index (χ0n) is 4.99. The quantitative estimate of drug-likeness (QED) is 0.465. The number of hydrogen-bond acceptors (Lipinski definition) is 2. The fourth-order valence-electron chi connectivity index (χ4n) is 1.11. The van der Waals surface area contributed by atoms with Gasteiger partial charge in [0.15, 0.2) is 0 Å². The molecule has 1 heterocycles. The minimum atomic E-state index is 0.167. The first kappa shape index (κ1) is 5.11. The maximum Gasteiger partial charge on any atom is 0.219 e. The average Bonchev–Trinajstić information content (AvgIpc) is 2.33. The van der Waals surface area contributed by atoms with Gasteiger partial charge in [0, 0.05) is 0 Å². The molecule has 2 atom stereocenters. The molecule has 0 aromatic carbocycles. The normalized spacial score (nSPS) is 36.4. The summed E-state index contributed by atoms with van der Waals surface area (Å²) in [4.78, 5) is 3.34. The maximum absolute atomic E-state index is 4.39. The van der Waals surface area contributed by atoms with E-state index in [4.69, 9.17) is 0 Å². The van der Waals surface area contributed by atoms with E-state index in [1.165, 1.54) is 0 Å². The topological polar surface area (TPSA) is 24.4 Å². The first-order chi connectivity index (χ1) is 4.47. The number of hydrogen-bond donors (Lipinski definition) is 1. The van der Waals surface area contributed by atoms with Crippen LogP contribution in [0.1, 0.15) is 0 Å². The third kappa shape index (κ3) is 0.771. The van der Waals surface area contributed by atoms with Crippen LogP contribution in [0, 0.1) is 0 Å². The van der Waals surface area contributed by atoms with Crippen molar-refractivity contribution >= 4 is 9.47 Å². The van der Waals surface area contributed by atoms with Crippen LogP contribution in [0.15, 0.2) is 28.9 Å². The summed E-state index contributed by atoms with van der Waals surface area (Å²) in [6.07, 6.45) is 8.47. The van der Waals surface area contributed by atoms with Gasteiger partial charge in [-0.15, -0.1) is 0 Å². The summed E-state index contributed by atoms with van der Waals surface area (Å²) in [5.41, 5.74) is 0. The molecule has 0 bridgehead atoms. The highest BCUT2D eigenvalue weighted by Gasteiger charge is 2.18. The Hall–Kier alpha value is -0.703.